The second-order valence-corrected chi connectivity index (χ2v) is 5.32. The third-order valence-electron chi connectivity index (χ3n) is 2.72. The monoisotopic (exact) mass is 205 g/mol. The largest absolute Gasteiger partial charge is 0.384 e. The second kappa shape index (κ2) is 5.73. The Morgan fingerprint density at radius 3 is 2.92 bits per heavy atom. The zero-order chi connectivity index (χ0) is 9.68. The third-order valence-corrected chi connectivity index (χ3v) is 4.58. The molecule has 3 nitrogen and oxygen atoms in total. The van der Waals surface area contributed by atoms with Gasteiger partial charge in [0.1, 0.15) is 0 Å². The van der Waals surface area contributed by atoms with Gasteiger partial charge in [0.2, 0.25) is 0 Å². The Hall–Kier alpha value is 0.0700. The summed E-state index contributed by atoms with van der Waals surface area (Å²) in [4.78, 5) is 0. The van der Waals surface area contributed by atoms with Crippen molar-refractivity contribution in [3.63, 3.8) is 0 Å². The van der Waals surface area contributed by atoms with Crippen LogP contribution in [0.5, 0.6) is 0 Å². The van der Waals surface area contributed by atoms with Gasteiger partial charge in [0.05, 0.1) is 6.61 Å². The van der Waals surface area contributed by atoms with Crippen LogP contribution in [0, 0.1) is 5.92 Å². The summed E-state index contributed by atoms with van der Waals surface area (Å²) in [6.07, 6.45) is 3.42. The molecule has 1 aliphatic rings. The summed E-state index contributed by atoms with van der Waals surface area (Å²) in [7, 11) is 0.915. The summed E-state index contributed by atoms with van der Waals surface area (Å²) in [5.41, 5.74) is 5.62. The first-order chi connectivity index (χ1) is 6.29. The van der Waals surface area contributed by atoms with Crippen molar-refractivity contribution in [2.45, 2.75) is 24.5 Å². The van der Waals surface area contributed by atoms with E-state index < -0.39 is 10.8 Å². The van der Waals surface area contributed by atoms with Crippen molar-refractivity contribution in [3.8, 4) is 0 Å². The van der Waals surface area contributed by atoms with Crippen LogP contribution in [0.25, 0.3) is 0 Å². The first kappa shape index (κ1) is 11.1. The minimum absolute atomic E-state index is 0.333. The Labute approximate surface area is 82.5 Å². The van der Waals surface area contributed by atoms with Crippen molar-refractivity contribution in [1.82, 2.24) is 0 Å². The average Bonchev–Trinajstić information content (AvgIpc) is 2.61. The van der Waals surface area contributed by atoms with Crippen molar-refractivity contribution in [1.29, 1.82) is 0 Å². The predicted octanol–water partition coefficient (Wildman–Crippen LogP) is 0.509. The molecule has 4 heteroatoms. The molecular formula is C9H19NO2S. The van der Waals surface area contributed by atoms with Gasteiger partial charge in [0.25, 0.3) is 0 Å². The van der Waals surface area contributed by atoms with Crippen LogP contribution in [0.3, 0.4) is 0 Å². The second-order valence-electron chi connectivity index (χ2n) is 3.54. The molecule has 1 fully saturated rings. The van der Waals surface area contributed by atoms with E-state index in [1.54, 1.807) is 7.11 Å². The highest BCUT2D eigenvalue weighted by Crippen LogP contribution is 2.28. The topological polar surface area (TPSA) is 52.3 Å². The van der Waals surface area contributed by atoms with E-state index >= 15 is 0 Å². The Morgan fingerprint density at radius 2 is 2.31 bits per heavy atom. The summed E-state index contributed by atoms with van der Waals surface area (Å²) >= 11 is 0. The standard InChI is InChI=1S/C9H19NO2S/c1-12-5-6-13(11)9-4-2-3-8(9)7-10/h8-9H,2-7,10H2,1H3. The molecule has 0 amide bonds. The molecule has 0 aromatic heterocycles. The molecule has 1 saturated carbocycles. The molecule has 0 radical (unpaired) electrons. The molecule has 0 aromatic rings. The highest BCUT2D eigenvalue weighted by molar-refractivity contribution is 7.85. The lowest BCUT2D eigenvalue weighted by Gasteiger charge is -2.16. The molecule has 1 rings (SSSR count). The normalized spacial score (nSPS) is 30.6. The van der Waals surface area contributed by atoms with Gasteiger partial charge in [-0.3, -0.25) is 4.21 Å². The van der Waals surface area contributed by atoms with Crippen molar-refractivity contribution in [2.24, 2.45) is 11.7 Å². The van der Waals surface area contributed by atoms with Crippen LogP contribution in [0.2, 0.25) is 0 Å². The maximum atomic E-state index is 11.7. The zero-order valence-electron chi connectivity index (χ0n) is 8.20. The lowest BCUT2D eigenvalue weighted by molar-refractivity contribution is 0.217. The van der Waals surface area contributed by atoms with Crippen LogP contribution < -0.4 is 5.73 Å². The molecule has 0 spiro atoms. The Morgan fingerprint density at radius 1 is 1.54 bits per heavy atom. The maximum absolute atomic E-state index is 11.7. The highest BCUT2D eigenvalue weighted by Gasteiger charge is 2.30. The average molecular weight is 205 g/mol. The smallest absolute Gasteiger partial charge is 0.0577 e. The lowest BCUT2D eigenvalue weighted by Crippen LogP contribution is -2.28. The number of methoxy groups -OCH3 is 1. The Kier molecular flexibility index (Phi) is 4.91. The van der Waals surface area contributed by atoms with Gasteiger partial charge in [-0.15, -0.1) is 0 Å². The molecular weight excluding hydrogens is 186 g/mol. The molecule has 13 heavy (non-hydrogen) atoms. The molecule has 0 saturated heterocycles. The van der Waals surface area contributed by atoms with E-state index in [0.717, 1.165) is 12.8 Å². The summed E-state index contributed by atoms with van der Waals surface area (Å²) in [5.74, 6) is 1.15. The fourth-order valence-electron chi connectivity index (χ4n) is 1.94. The zero-order valence-corrected chi connectivity index (χ0v) is 9.02. The van der Waals surface area contributed by atoms with Crippen LogP contribution in [0.15, 0.2) is 0 Å². The van der Waals surface area contributed by atoms with Crippen LogP contribution in [0.1, 0.15) is 19.3 Å². The van der Waals surface area contributed by atoms with Gasteiger partial charge in [0.15, 0.2) is 0 Å². The molecule has 0 bridgehead atoms. The van der Waals surface area contributed by atoms with E-state index in [9.17, 15) is 4.21 Å². The number of hydrogen-bond acceptors (Lipinski definition) is 3. The highest BCUT2D eigenvalue weighted by atomic mass is 32.2. The molecule has 1 aliphatic carbocycles. The van der Waals surface area contributed by atoms with Crippen molar-refractivity contribution in [2.75, 3.05) is 26.0 Å². The van der Waals surface area contributed by atoms with Crippen molar-refractivity contribution < 1.29 is 8.95 Å². The summed E-state index contributed by atoms with van der Waals surface area (Å²) in [6.45, 7) is 1.28. The predicted molar refractivity (Wildman–Crippen MR) is 55.1 cm³/mol. The van der Waals surface area contributed by atoms with E-state index in [1.807, 2.05) is 0 Å². The molecule has 0 aliphatic heterocycles. The number of rotatable bonds is 5. The number of ether oxygens (including phenoxy) is 1. The fraction of sp³-hybridized carbons (Fsp3) is 1.00. The quantitative estimate of drug-likeness (QED) is 0.711. The van der Waals surface area contributed by atoms with E-state index in [1.165, 1.54) is 6.42 Å². The lowest BCUT2D eigenvalue weighted by atomic mass is 10.1. The minimum atomic E-state index is -0.730. The fourth-order valence-corrected chi connectivity index (χ4v) is 3.68. The van der Waals surface area contributed by atoms with E-state index in [0.29, 0.717) is 30.1 Å². The molecule has 2 N–H and O–H groups in total. The van der Waals surface area contributed by atoms with Gasteiger partial charge >= 0.3 is 0 Å². The summed E-state index contributed by atoms with van der Waals surface area (Å²) in [5, 5.41) is 0.333. The maximum Gasteiger partial charge on any atom is 0.0577 e. The molecule has 3 unspecified atom stereocenters. The molecule has 3 atom stereocenters. The van der Waals surface area contributed by atoms with Gasteiger partial charge in [-0.25, -0.2) is 0 Å². The number of nitrogens with two attached hydrogens (primary N) is 1. The SMILES string of the molecule is COCCS(=O)C1CCCC1CN. The summed E-state index contributed by atoms with van der Waals surface area (Å²) in [6, 6.07) is 0. The number of hydrogen-bond donors (Lipinski definition) is 1. The van der Waals surface area contributed by atoms with Gasteiger partial charge < -0.3 is 10.5 Å². The Balaban J connectivity index is 2.36. The minimum Gasteiger partial charge on any atom is -0.384 e. The van der Waals surface area contributed by atoms with Gasteiger partial charge in [-0.1, -0.05) is 6.42 Å². The van der Waals surface area contributed by atoms with Crippen LogP contribution in [0.4, 0.5) is 0 Å². The van der Waals surface area contributed by atoms with Crippen LogP contribution in [-0.2, 0) is 15.5 Å². The van der Waals surface area contributed by atoms with Gasteiger partial charge in [-0.2, -0.15) is 0 Å². The van der Waals surface area contributed by atoms with Gasteiger partial charge in [-0.05, 0) is 25.3 Å². The van der Waals surface area contributed by atoms with Crippen LogP contribution in [-0.4, -0.2) is 35.5 Å². The Bertz CT molecular complexity index is 175. The van der Waals surface area contributed by atoms with Crippen LogP contribution >= 0.6 is 0 Å². The summed E-state index contributed by atoms with van der Waals surface area (Å²) < 4.78 is 16.7. The van der Waals surface area contributed by atoms with Crippen molar-refractivity contribution in [3.05, 3.63) is 0 Å². The van der Waals surface area contributed by atoms with E-state index in [2.05, 4.69) is 0 Å². The van der Waals surface area contributed by atoms with E-state index in [4.69, 9.17) is 10.5 Å². The third kappa shape index (κ3) is 3.04. The molecule has 0 aromatic carbocycles. The molecule has 78 valence electrons. The van der Waals surface area contributed by atoms with Gasteiger partial charge in [0, 0.05) is 28.9 Å². The first-order valence-corrected chi connectivity index (χ1v) is 6.24. The first-order valence-electron chi connectivity index (χ1n) is 4.85. The molecule has 0 heterocycles. The van der Waals surface area contributed by atoms with Crippen molar-refractivity contribution >= 4 is 10.8 Å². The van der Waals surface area contributed by atoms with E-state index in [-0.39, 0.29) is 0 Å².